The summed E-state index contributed by atoms with van der Waals surface area (Å²) < 4.78 is 18.1. The lowest BCUT2D eigenvalue weighted by Gasteiger charge is -2.01. The SMILES string of the molecule is O=C(O)c1ccc(Oc2cccc(F)c2)s1. The topological polar surface area (TPSA) is 46.5 Å². The van der Waals surface area contributed by atoms with Crippen LogP contribution in [0.2, 0.25) is 0 Å². The number of aromatic carboxylic acids is 1. The van der Waals surface area contributed by atoms with Crippen LogP contribution in [0.25, 0.3) is 0 Å². The van der Waals surface area contributed by atoms with Gasteiger partial charge in [0.25, 0.3) is 0 Å². The second-order valence-corrected chi connectivity index (χ2v) is 4.03. The first-order valence-electron chi connectivity index (χ1n) is 4.42. The summed E-state index contributed by atoms with van der Waals surface area (Å²) in [5.41, 5.74) is 0. The van der Waals surface area contributed by atoms with Crippen LogP contribution in [0.15, 0.2) is 36.4 Å². The molecule has 2 rings (SSSR count). The van der Waals surface area contributed by atoms with Gasteiger partial charge in [0.1, 0.15) is 16.4 Å². The molecule has 0 aliphatic carbocycles. The first-order valence-corrected chi connectivity index (χ1v) is 5.23. The maximum absolute atomic E-state index is 12.8. The Morgan fingerprint density at radius 3 is 2.75 bits per heavy atom. The van der Waals surface area contributed by atoms with Crippen LogP contribution < -0.4 is 4.74 Å². The molecule has 0 radical (unpaired) electrons. The molecule has 1 N–H and O–H groups in total. The maximum atomic E-state index is 12.8. The minimum absolute atomic E-state index is 0.186. The Labute approximate surface area is 94.7 Å². The number of rotatable bonds is 3. The largest absolute Gasteiger partial charge is 0.477 e. The number of thiophene rings is 1. The molecule has 0 fully saturated rings. The third kappa shape index (κ3) is 2.38. The quantitative estimate of drug-likeness (QED) is 0.891. The van der Waals surface area contributed by atoms with Crippen molar-refractivity contribution >= 4 is 17.3 Å². The van der Waals surface area contributed by atoms with Crippen molar-refractivity contribution in [1.82, 2.24) is 0 Å². The van der Waals surface area contributed by atoms with Crippen LogP contribution in [0.3, 0.4) is 0 Å². The van der Waals surface area contributed by atoms with Gasteiger partial charge in [-0.15, -0.1) is 0 Å². The normalized spacial score (nSPS) is 10.1. The van der Waals surface area contributed by atoms with Crippen molar-refractivity contribution < 1.29 is 19.0 Å². The molecule has 5 heteroatoms. The number of halogens is 1. The van der Waals surface area contributed by atoms with E-state index in [-0.39, 0.29) is 4.88 Å². The lowest BCUT2D eigenvalue weighted by molar-refractivity contribution is 0.0702. The number of hydrogen-bond acceptors (Lipinski definition) is 3. The zero-order valence-corrected chi connectivity index (χ0v) is 8.83. The van der Waals surface area contributed by atoms with E-state index in [9.17, 15) is 9.18 Å². The predicted molar refractivity (Wildman–Crippen MR) is 57.8 cm³/mol. The van der Waals surface area contributed by atoms with E-state index in [1.54, 1.807) is 12.1 Å². The molecule has 2 aromatic rings. The molecule has 0 saturated carbocycles. The van der Waals surface area contributed by atoms with Crippen molar-refractivity contribution in [2.24, 2.45) is 0 Å². The van der Waals surface area contributed by atoms with Crippen molar-refractivity contribution in [3.63, 3.8) is 0 Å². The molecule has 82 valence electrons. The molecule has 16 heavy (non-hydrogen) atoms. The molecule has 0 atom stereocenters. The van der Waals surface area contributed by atoms with Gasteiger partial charge in [-0.25, -0.2) is 9.18 Å². The molecule has 1 aromatic heterocycles. The van der Waals surface area contributed by atoms with Crippen molar-refractivity contribution in [3.05, 3.63) is 47.1 Å². The number of carboxylic acids is 1. The van der Waals surface area contributed by atoms with Crippen molar-refractivity contribution in [2.75, 3.05) is 0 Å². The summed E-state index contributed by atoms with van der Waals surface area (Å²) in [5.74, 6) is -1.05. The number of ether oxygens (including phenoxy) is 1. The van der Waals surface area contributed by atoms with E-state index < -0.39 is 11.8 Å². The van der Waals surface area contributed by atoms with Crippen molar-refractivity contribution in [2.45, 2.75) is 0 Å². The molecule has 0 spiro atoms. The van der Waals surface area contributed by atoms with Crippen LogP contribution in [-0.4, -0.2) is 11.1 Å². The molecule has 1 heterocycles. The molecule has 3 nitrogen and oxygen atoms in total. The molecule has 0 aliphatic rings. The summed E-state index contributed by atoms with van der Waals surface area (Å²) in [7, 11) is 0. The lowest BCUT2D eigenvalue weighted by Crippen LogP contribution is -1.89. The van der Waals surface area contributed by atoms with E-state index in [1.165, 1.54) is 24.3 Å². The summed E-state index contributed by atoms with van der Waals surface area (Å²) in [4.78, 5) is 10.8. The zero-order valence-electron chi connectivity index (χ0n) is 8.01. The highest BCUT2D eigenvalue weighted by Gasteiger charge is 2.08. The first-order chi connectivity index (χ1) is 7.65. The van der Waals surface area contributed by atoms with Crippen LogP contribution in [0.4, 0.5) is 4.39 Å². The Morgan fingerprint density at radius 1 is 1.31 bits per heavy atom. The van der Waals surface area contributed by atoms with Crippen LogP contribution >= 0.6 is 11.3 Å². The smallest absolute Gasteiger partial charge is 0.345 e. The molecule has 0 aliphatic heterocycles. The van der Waals surface area contributed by atoms with E-state index in [1.807, 2.05) is 0 Å². The van der Waals surface area contributed by atoms with E-state index in [2.05, 4.69) is 0 Å². The number of carboxylic acid groups (broad SMARTS) is 1. The van der Waals surface area contributed by atoms with E-state index in [0.717, 1.165) is 11.3 Å². The fourth-order valence-electron chi connectivity index (χ4n) is 1.14. The van der Waals surface area contributed by atoms with Crippen LogP contribution in [0.1, 0.15) is 9.67 Å². The van der Waals surface area contributed by atoms with Gasteiger partial charge in [-0.3, -0.25) is 0 Å². The van der Waals surface area contributed by atoms with Gasteiger partial charge >= 0.3 is 5.97 Å². The molecule has 0 bridgehead atoms. The summed E-state index contributed by atoms with van der Waals surface area (Å²) in [6, 6.07) is 8.66. The van der Waals surface area contributed by atoms with Crippen LogP contribution in [0, 0.1) is 5.82 Å². The monoisotopic (exact) mass is 238 g/mol. The first kappa shape index (κ1) is 10.6. The van der Waals surface area contributed by atoms with Crippen LogP contribution in [-0.2, 0) is 0 Å². The standard InChI is InChI=1S/C11H7FO3S/c12-7-2-1-3-8(6-7)15-10-5-4-9(16-10)11(13)14/h1-6H,(H,13,14). The number of benzene rings is 1. The minimum atomic E-state index is -1.00. The molecular weight excluding hydrogens is 231 g/mol. The highest BCUT2D eigenvalue weighted by molar-refractivity contribution is 7.15. The second-order valence-electron chi connectivity index (χ2n) is 2.98. The average Bonchev–Trinajstić information content (AvgIpc) is 2.66. The van der Waals surface area contributed by atoms with Gasteiger partial charge in [0.05, 0.1) is 0 Å². The fourth-order valence-corrected chi connectivity index (χ4v) is 1.85. The van der Waals surface area contributed by atoms with Gasteiger partial charge in [0.15, 0.2) is 5.06 Å². The Balaban J connectivity index is 2.17. The summed E-state index contributed by atoms with van der Waals surface area (Å²) >= 11 is 0.997. The molecule has 0 saturated heterocycles. The molecule has 1 aromatic carbocycles. The third-order valence-corrected chi connectivity index (χ3v) is 2.76. The Hall–Kier alpha value is -1.88. The zero-order chi connectivity index (χ0) is 11.5. The number of carbonyl (C=O) groups is 1. The van der Waals surface area contributed by atoms with Crippen molar-refractivity contribution in [1.29, 1.82) is 0 Å². The predicted octanol–water partition coefficient (Wildman–Crippen LogP) is 3.38. The average molecular weight is 238 g/mol. The summed E-state index contributed by atoms with van der Waals surface area (Å²) in [6.07, 6.45) is 0. The van der Waals surface area contributed by atoms with E-state index in [4.69, 9.17) is 9.84 Å². The third-order valence-electron chi connectivity index (χ3n) is 1.81. The van der Waals surface area contributed by atoms with Gasteiger partial charge in [-0.05, 0) is 24.3 Å². The van der Waals surface area contributed by atoms with E-state index >= 15 is 0 Å². The highest BCUT2D eigenvalue weighted by atomic mass is 32.1. The summed E-state index contributed by atoms with van der Waals surface area (Å²) in [6.45, 7) is 0. The van der Waals surface area contributed by atoms with Gasteiger partial charge in [-0.1, -0.05) is 17.4 Å². The Morgan fingerprint density at radius 2 is 2.12 bits per heavy atom. The lowest BCUT2D eigenvalue weighted by atomic mass is 10.3. The fraction of sp³-hybridized carbons (Fsp3) is 0. The van der Waals surface area contributed by atoms with Gasteiger partial charge in [0.2, 0.25) is 0 Å². The Bertz CT molecular complexity index is 521. The van der Waals surface area contributed by atoms with Gasteiger partial charge < -0.3 is 9.84 Å². The van der Waals surface area contributed by atoms with Crippen LogP contribution in [0.5, 0.6) is 10.8 Å². The second kappa shape index (κ2) is 4.32. The van der Waals surface area contributed by atoms with Gasteiger partial charge in [-0.2, -0.15) is 0 Å². The highest BCUT2D eigenvalue weighted by Crippen LogP contribution is 2.29. The molecule has 0 unspecified atom stereocenters. The van der Waals surface area contributed by atoms with E-state index in [0.29, 0.717) is 10.8 Å². The Kier molecular flexibility index (Phi) is 2.87. The molecule has 0 amide bonds. The van der Waals surface area contributed by atoms with Crippen molar-refractivity contribution in [3.8, 4) is 10.8 Å². The maximum Gasteiger partial charge on any atom is 0.345 e. The minimum Gasteiger partial charge on any atom is -0.477 e. The molecular formula is C11H7FO3S. The number of hydrogen-bond donors (Lipinski definition) is 1. The van der Waals surface area contributed by atoms with Gasteiger partial charge in [0, 0.05) is 6.07 Å². The summed E-state index contributed by atoms with van der Waals surface area (Å²) in [5, 5.41) is 9.12.